The standard InChI is InChI=1S/C16H17ClN2O/c17-15-5-4-12-6-9-18-10-7-14(12)16(15)20-11-13-3-1-2-8-19-13/h1-5,8,18H,6-7,9-11H2. The Hall–Kier alpha value is -1.58. The van der Waals surface area contributed by atoms with Gasteiger partial charge in [-0.2, -0.15) is 0 Å². The Balaban J connectivity index is 1.85. The van der Waals surface area contributed by atoms with Gasteiger partial charge in [0.15, 0.2) is 0 Å². The van der Waals surface area contributed by atoms with Gasteiger partial charge in [-0.1, -0.05) is 23.7 Å². The molecule has 3 rings (SSSR count). The Morgan fingerprint density at radius 2 is 2.05 bits per heavy atom. The minimum atomic E-state index is 0.449. The summed E-state index contributed by atoms with van der Waals surface area (Å²) in [6.07, 6.45) is 3.75. The van der Waals surface area contributed by atoms with Gasteiger partial charge in [-0.15, -0.1) is 0 Å². The Morgan fingerprint density at radius 1 is 1.15 bits per heavy atom. The van der Waals surface area contributed by atoms with Crippen LogP contribution < -0.4 is 10.1 Å². The highest BCUT2D eigenvalue weighted by Gasteiger charge is 2.16. The minimum Gasteiger partial charge on any atom is -0.485 e. The lowest BCUT2D eigenvalue weighted by atomic mass is 10.0. The molecule has 0 aliphatic carbocycles. The molecule has 0 atom stereocenters. The Morgan fingerprint density at radius 3 is 2.90 bits per heavy atom. The first kappa shape index (κ1) is 13.4. The van der Waals surface area contributed by atoms with E-state index in [1.807, 2.05) is 24.3 Å². The number of benzene rings is 1. The maximum atomic E-state index is 6.31. The van der Waals surface area contributed by atoms with E-state index in [0.717, 1.165) is 37.4 Å². The van der Waals surface area contributed by atoms with Crippen molar-refractivity contribution in [2.24, 2.45) is 0 Å². The fourth-order valence-corrected chi connectivity index (χ4v) is 2.73. The molecule has 0 amide bonds. The second-order valence-corrected chi connectivity index (χ2v) is 5.28. The Labute approximate surface area is 123 Å². The zero-order chi connectivity index (χ0) is 13.8. The second kappa shape index (κ2) is 6.25. The summed E-state index contributed by atoms with van der Waals surface area (Å²) in [6.45, 7) is 2.42. The van der Waals surface area contributed by atoms with Crippen LogP contribution in [0.4, 0.5) is 0 Å². The maximum absolute atomic E-state index is 6.31. The molecule has 0 saturated heterocycles. The molecule has 20 heavy (non-hydrogen) atoms. The van der Waals surface area contributed by atoms with E-state index >= 15 is 0 Å². The predicted octanol–water partition coefficient (Wildman–Crippen LogP) is 3.00. The molecule has 4 heteroatoms. The van der Waals surface area contributed by atoms with Crippen LogP contribution in [0.2, 0.25) is 5.02 Å². The molecule has 104 valence electrons. The summed E-state index contributed by atoms with van der Waals surface area (Å²) in [4.78, 5) is 4.27. The summed E-state index contributed by atoms with van der Waals surface area (Å²) in [5, 5.41) is 4.09. The molecule has 0 radical (unpaired) electrons. The lowest BCUT2D eigenvalue weighted by Crippen LogP contribution is -2.16. The zero-order valence-corrected chi connectivity index (χ0v) is 12.0. The summed E-state index contributed by atoms with van der Waals surface area (Å²) < 4.78 is 5.95. The number of rotatable bonds is 3. The van der Waals surface area contributed by atoms with Gasteiger partial charge in [0.05, 0.1) is 10.7 Å². The molecular weight excluding hydrogens is 272 g/mol. The SMILES string of the molecule is Clc1ccc2c(c1OCc1ccccn1)CCNCC2. The van der Waals surface area contributed by atoms with Gasteiger partial charge >= 0.3 is 0 Å². The predicted molar refractivity (Wildman–Crippen MR) is 80.3 cm³/mol. The van der Waals surface area contributed by atoms with Crippen LogP contribution in [0, 0.1) is 0 Å². The minimum absolute atomic E-state index is 0.449. The molecule has 1 aliphatic heterocycles. The summed E-state index contributed by atoms with van der Waals surface area (Å²) >= 11 is 6.31. The maximum Gasteiger partial charge on any atom is 0.141 e. The largest absolute Gasteiger partial charge is 0.485 e. The molecule has 0 fully saturated rings. The molecule has 1 N–H and O–H groups in total. The third kappa shape index (κ3) is 2.94. The number of fused-ring (bicyclic) bond motifs is 1. The van der Waals surface area contributed by atoms with Crippen molar-refractivity contribution in [3.05, 3.63) is 58.4 Å². The van der Waals surface area contributed by atoms with Crippen LogP contribution in [-0.2, 0) is 19.4 Å². The number of hydrogen-bond donors (Lipinski definition) is 1. The number of aromatic nitrogens is 1. The summed E-state index contributed by atoms with van der Waals surface area (Å²) in [6, 6.07) is 9.86. The fraction of sp³-hybridized carbons (Fsp3) is 0.312. The van der Waals surface area contributed by atoms with E-state index in [9.17, 15) is 0 Å². The molecule has 0 saturated carbocycles. The van der Waals surface area contributed by atoms with Crippen molar-refractivity contribution in [2.75, 3.05) is 13.1 Å². The number of halogens is 1. The van der Waals surface area contributed by atoms with Gasteiger partial charge in [-0.05, 0) is 49.7 Å². The van der Waals surface area contributed by atoms with E-state index in [0.29, 0.717) is 11.6 Å². The summed E-state index contributed by atoms with van der Waals surface area (Å²) in [7, 11) is 0. The molecule has 3 nitrogen and oxygen atoms in total. The molecule has 2 aromatic rings. The molecule has 0 spiro atoms. The summed E-state index contributed by atoms with van der Waals surface area (Å²) in [5.74, 6) is 0.818. The topological polar surface area (TPSA) is 34.1 Å². The highest BCUT2D eigenvalue weighted by Crippen LogP contribution is 2.33. The van der Waals surface area contributed by atoms with Crippen molar-refractivity contribution in [1.29, 1.82) is 0 Å². The van der Waals surface area contributed by atoms with E-state index in [1.165, 1.54) is 11.1 Å². The third-order valence-corrected chi connectivity index (χ3v) is 3.82. The number of nitrogens with one attached hydrogen (secondary N) is 1. The van der Waals surface area contributed by atoms with E-state index in [4.69, 9.17) is 16.3 Å². The molecule has 1 aromatic carbocycles. The average molecular weight is 289 g/mol. The van der Waals surface area contributed by atoms with Crippen LogP contribution in [0.1, 0.15) is 16.8 Å². The molecule has 1 aliphatic rings. The van der Waals surface area contributed by atoms with E-state index in [-0.39, 0.29) is 0 Å². The number of pyridine rings is 1. The van der Waals surface area contributed by atoms with Gasteiger partial charge in [0.25, 0.3) is 0 Å². The molecule has 0 bridgehead atoms. The Kier molecular flexibility index (Phi) is 4.19. The van der Waals surface area contributed by atoms with Gasteiger partial charge in [0.1, 0.15) is 12.4 Å². The Bertz CT molecular complexity index is 587. The van der Waals surface area contributed by atoms with Gasteiger partial charge in [-0.25, -0.2) is 0 Å². The molecular formula is C16H17ClN2O. The third-order valence-electron chi connectivity index (χ3n) is 3.52. The van der Waals surface area contributed by atoms with Crippen molar-refractivity contribution >= 4 is 11.6 Å². The van der Waals surface area contributed by atoms with Crippen LogP contribution >= 0.6 is 11.6 Å². The van der Waals surface area contributed by atoms with E-state index in [2.05, 4.69) is 16.4 Å². The van der Waals surface area contributed by atoms with Crippen LogP contribution in [-0.4, -0.2) is 18.1 Å². The van der Waals surface area contributed by atoms with Crippen molar-refractivity contribution in [3.63, 3.8) is 0 Å². The van der Waals surface area contributed by atoms with E-state index < -0.39 is 0 Å². The van der Waals surface area contributed by atoms with Gasteiger partial charge < -0.3 is 10.1 Å². The van der Waals surface area contributed by atoms with Crippen molar-refractivity contribution in [2.45, 2.75) is 19.4 Å². The number of ether oxygens (including phenoxy) is 1. The lowest BCUT2D eigenvalue weighted by molar-refractivity contribution is 0.298. The highest BCUT2D eigenvalue weighted by atomic mass is 35.5. The molecule has 2 heterocycles. The molecule has 0 unspecified atom stereocenters. The quantitative estimate of drug-likeness (QED) is 0.943. The zero-order valence-electron chi connectivity index (χ0n) is 11.2. The molecule has 1 aromatic heterocycles. The smallest absolute Gasteiger partial charge is 0.141 e. The lowest BCUT2D eigenvalue weighted by Gasteiger charge is -2.15. The highest BCUT2D eigenvalue weighted by molar-refractivity contribution is 6.32. The van der Waals surface area contributed by atoms with Crippen LogP contribution in [0.15, 0.2) is 36.5 Å². The first-order chi connectivity index (χ1) is 9.84. The number of hydrogen-bond acceptors (Lipinski definition) is 3. The summed E-state index contributed by atoms with van der Waals surface area (Å²) in [5.41, 5.74) is 3.47. The number of nitrogens with zero attached hydrogens (tertiary/aromatic N) is 1. The van der Waals surface area contributed by atoms with Gasteiger partial charge in [0, 0.05) is 11.8 Å². The van der Waals surface area contributed by atoms with Gasteiger partial charge in [0.2, 0.25) is 0 Å². The average Bonchev–Trinajstić information content (AvgIpc) is 2.73. The van der Waals surface area contributed by atoms with Crippen LogP contribution in [0.3, 0.4) is 0 Å². The monoisotopic (exact) mass is 288 g/mol. The second-order valence-electron chi connectivity index (χ2n) is 4.87. The first-order valence-corrected chi connectivity index (χ1v) is 7.26. The van der Waals surface area contributed by atoms with Crippen LogP contribution in [0.5, 0.6) is 5.75 Å². The fourth-order valence-electron chi connectivity index (χ4n) is 2.50. The van der Waals surface area contributed by atoms with Crippen molar-refractivity contribution in [3.8, 4) is 5.75 Å². The van der Waals surface area contributed by atoms with Crippen LogP contribution in [0.25, 0.3) is 0 Å². The first-order valence-electron chi connectivity index (χ1n) is 6.88. The van der Waals surface area contributed by atoms with Gasteiger partial charge in [-0.3, -0.25) is 4.98 Å². The van der Waals surface area contributed by atoms with Crippen molar-refractivity contribution in [1.82, 2.24) is 10.3 Å². The van der Waals surface area contributed by atoms with Crippen molar-refractivity contribution < 1.29 is 4.74 Å². The normalized spacial score (nSPS) is 14.4. The van der Waals surface area contributed by atoms with E-state index in [1.54, 1.807) is 6.20 Å².